The fourth-order valence-electron chi connectivity index (χ4n) is 1.45. The summed E-state index contributed by atoms with van der Waals surface area (Å²) in [6.07, 6.45) is 0. The highest BCUT2D eigenvalue weighted by Gasteiger charge is 1.96. The van der Waals surface area contributed by atoms with Gasteiger partial charge in [-0.15, -0.1) is 0 Å². The molecule has 0 fully saturated rings. The molecule has 0 aliphatic carbocycles. The van der Waals surface area contributed by atoms with Crippen molar-refractivity contribution in [1.82, 2.24) is 9.78 Å². The lowest BCUT2D eigenvalue weighted by Crippen LogP contribution is -2.01. The lowest BCUT2D eigenvalue weighted by Gasteiger charge is -2.02. The molecular weight excluding hydrogens is 192 g/mol. The van der Waals surface area contributed by atoms with Crippen LogP contribution in [0.3, 0.4) is 0 Å². The highest BCUT2D eigenvalue weighted by atomic mass is 32.1. The molecule has 2 nitrogen and oxygen atoms in total. The maximum atomic E-state index is 5.20. The van der Waals surface area contributed by atoms with E-state index in [1.807, 2.05) is 35.9 Å². The van der Waals surface area contributed by atoms with Gasteiger partial charge in [0.15, 0.2) is 0 Å². The number of aromatic amines is 1. The molecule has 1 aromatic heterocycles. The van der Waals surface area contributed by atoms with Gasteiger partial charge < -0.3 is 5.10 Å². The third-order valence-corrected chi connectivity index (χ3v) is 2.44. The van der Waals surface area contributed by atoms with Gasteiger partial charge in [-0.05, 0) is 18.6 Å². The van der Waals surface area contributed by atoms with Crippen LogP contribution >= 0.6 is 12.2 Å². The van der Waals surface area contributed by atoms with Crippen molar-refractivity contribution in [2.45, 2.75) is 13.5 Å². The number of benzene rings is 1. The Balaban J connectivity index is 2.28. The Morgan fingerprint density at radius 1 is 1.29 bits per heavy atom. The third-order valence-electron chi connectivity index (χ3n) is 2.10. The first-order valence-electron chi connectivity index (χ1n) is 4.56. The lowest BCUT2D eigenvalue weighted by molar-refractivity contribution is 0.671. The fraction of sp³-hybridized carbons (Fsp3) is 0.182. The highest BCUT2D eigenvalue weighted by molar-refractivity contribution is 7.71. The molecule has 0 unspecified atom stereocenters. The molecule has 0 saturated heterocycles. The topological polar surface area (TPSA) is 20.7 Å². The van der Waals surface area contributed by atoms with Gasteiger partial charge in [-0.3, -0.25) is 4.68 Å². The number of hydrogen-bond acceptors (Lipinski definition) is 1. The van der Waals surface area contributed by atoms with Gasteiger partial charge >= 0.3 is 0 Å². The molecule has 0 spiro atoms. The second-order valence-corrected chi connectivity index (χ2v) is 3.77. The first-order valence-corrected chi connectivity index (χ1v) is 4.97. The Kier molecular flexibility index (Phi) is 2.50. The Morgan fingerprint density at radius 3 is 2.57 bits per heavy atom. The van der Waals surface area contributed by atoms with Crippen molar-refractivity contribution in [3.63, 3.8) is 0 Å². The summed E-state index contributed by atoms with van der Waals surface area (Å²) in [5.41, 5.74) is 2.36. The maximum Gasteiger partial charge on any atom is 0.122 e. The van der Waals surface area contributed by atoms with Crippen molar-refractivity contribution >= 4 is 12.2 Å². The van der Waals surface area contributed by atoms with Gasteiger partial charge in [0.1, 0.15) is 4.64 Å². The molecule has 2 aromatic rings. The van der Waals surface area contributed by atoms with E-state index in [2.05, 4.69) is 17.2 Å². The molecule has 0 bridgehead atoms. The number of nitrogens with zero attached hydrogens (tertiary/aromatic N) is 1. The van der Waals surface area contributed by atoms with E-state index in [-0.39, 0.29) is 0 Å². The minimum Gasteiger partial charge on any atom is -0.302 e. The van der Waals surface area contributed by atoms with Gasteiger partial charge in [0.05, 0.1) is 6.54 Å². The maximum absolute atomic E-state index is 5.20. The van der Waals surface area contributed by atoms with Crippen molar-refractivity contribution in [3.05, 3.63) is 52.3 Å². The summed E-state index contributed by atoms with van der Waals surface area (Å²) in [6, 6.07) is 12.3. The molecule has 0 aliphatic heterocycles. The van der Waals surface area contributed by atoms with Gasteiger partial charge in [0, 0.05) is 5.69 Å². The van der Waals surface area contributed by atoms with E-state index in [0.29, 0.717) is 0 Å². The predicted molar refractivity (Wildman–Crippen MR) is 59.9 cm³/mol. The zero-order valence-electron chi connectivity index (χ0n) is 8.03. The van der Waals surface area contributed by atoms with E-state index < -0.39 is 0 Å². The molecule has 0 aliphatic rings. The average molecular weight is 204 g/mol. The van der Waals surface area contributed by atoms with Crippen LogP contribution in [0.15, 0.2) is 36.4 Å². The van der Waals surface area contributed by atoms with Crippen LogP contribution in [-0.2, 0) is 6.54 Å². The minimum atomic E-state index is 0.813. The molecule has 0 atom stereocenters. The molecule has 14 heavy (non-hydrogen) atoms. The Bertz CT molecular complexity index is 468. The van der Waals surface area contributed by atoms with E-state index in [9.17, 15) is 0 Å². The number of H-pyrrole nitrogens is 1. The Morgan fingerprint density at radius 2 is 2.00 bits per heavy atom. The second-order valence-electron chi connectivity index (χ2n) is 3.35. The normalized spacial score (nSPS) is 10.4. The molecule has 1 heterocycles. The summed E-state index contributed by atoms with van der Waals surface area (Å²) < 4.78 is 2.83. The van der Waals surface area contributed by atoms with Crippen LogP contribution in [0.5, 0.6) is 0 Å². The molecule has 2 rings (SSSR count). The van der Waals surface area contributed by atoms with E-state index in [0.717, 1.165) is 16.9 Å². The van der Waals surface area contributed by atoms with Crippen molar-refractivity contribution < 1.29 is 0 Å². The SMILES string of the molecule is Cc1cc(=S)n(Cc2ccccc2)[nH]1. The number of rotatable bonds is 2. The van der Waals surface area contributed by atoms with Crippen LogP contribution in [0.2, 0.25) is 0 Å². The molecule has 72 valence electrons. The Hall–Kier alpha value is -1.35. The van der Waals surface area contributed by atoms with Crippen LogP contribution in [0.4, 0.5) is 0 Å². The summed E-state index contributed by atoms with van der Waals surface area (Å²) in [5, 5.41) is 3.21. The van der Waals surface area contributed by atoms with E-state index in [1.165, 1.54) is 5.56 Å². The molecular formula is C11H12N2S. The molecule has 0 amide bonds. The third kappa shape index (κ3) is 1.93. The van der Waals surface area contributed by atoms with Crippen LogP contribution in [-0.4, -0.2) is 9.78 Å². The van der Waals surface area contributed by atoms with Gasteiger partial charge in [-0.25, -0.2) is 0 Å². The van der Waals surface area contributed by atoms with Crippen LogP contribution in [0, 0.1) is 11.6 Å². The Labute approximate surface area is 88.2 Å². The van der Waals surface area contributed by atoms with Crippen molar-refractivity contribution in [2.75, 3.05) is 0 Å². The van der Waals surface area contributed by atoms with E-state index in [1.54, 1.807) is 0 Å². The van der Waals surface area contributed by atoms with Crippen molar-refractivity contribution in [1.29, 1.82) is 0 Å². The molecule has 0 radical (unpaired) electrons. The number of hydrogen-bond donors (Lipinski definition) is 1. The quantitative estimate of drug-likeness (QED) is 0.746. The monoisotopic (exact) mass is 204 g/mol. The average Bonchev–Trinajstić information content (AvgIpc) is 2.47. The minimum absolute atomic E-state index is 0.813. The van der Waals surface area contributed by atoms with Crippen molar-refractivity contribution in [2.24, 2.45) is 0 Å². The van der Waals surface area contributed by atoms with Gasteiger partial charge in [-0.1, -0.05) is 42.5 Å². The van der Waals surface area contributed by atoms with E-state index in [4.69, 9.17) is 12.2 Å². The predicted octanol–water partition coefficient (Wildman–Crippen LogP) is 2.90. The summed E-state index contributed by atoms with van der Waals surface area (Å²) in [4.78, 5) is 0. The molecule has 3 heteroatoms. The first kappa shape index (κ1) is 9.21. The summed E-state index contributed by atoms with van der Waals surface area (Å²) in [5.74, 6) is 0. The van der Waals surface area contributed by atoms with Crippen LogP contribution < -0.4 is 0 Å². The summed E-state index contributed by atoms with van der Waals surface area (Å²) in [6.45, 7) is 2.82. The molecule has 0 saturated carbocycles. The first-order chi connectivity index (χ1) is 6.75. The summed E-state index contributed by atoms with van der Waals surface area (Å²) >= 11 is 5.20. The number of aromatic nitrogens is 2. The van der Waals surface area contributed by atoms with Gasteiger partial charge in [0.25, 0.3) is 0 Å². The van der Waals surface area contributed by atoms with Crippen LogP contribution in [0.1, 0.15) is 11.3 Å². The van der Waals surface area contributed by atoms with E-state index >= 15 is 0 Å². The standard InChI is InChI=1S/C11H12N2S/c1-9-7-11(14)13(12-9)8-10-5-3-2-4-6-10/h2-7,12H,8H2,1H3. The van der Waals surface area contributed by atoms with Gasteiger partial charge in [0.2, 0.25) is 0 Å². The smallest absolute Gasteiger partial charge is 0.122 e. The highest BCUT2D eigenvalue weighted by Crippen LogP contribution is 2.04. The number of aryl methyl sites for hydroxylation is 1. The van der Waals surface area contributed by atoms with Crippen molar-refractivity contribution in [3.8, 4) is 0 Å². The largest absolute Gasteiger partial charge is 0.302 e. The zero-order chi connectivity index (χ0) is 9.97. The molecule has 1 N–H and O–H groups in total. The molecule has 1 aromatic carbocycles. The second kappa shape index (κ2) is 3.80. The summed E-state index contributed by atoms with van der Waals surface area (Å²) in [7, 11) is 0. The number of nitrogens with one attached hydrogen (secondary N) is 1. The van der Waals surface area contributed by atoms with Crippen LogP contribution in [0.25, 0.3) is 0 Å². The lowest BCUT2D eigenvalue weighted by atomic mass is 10.2. The van der Waals surface area contributed by atoms with Gasteiger partial charge in [-0.2, -0.15) is 0 Å². The zero-order valence-corrected chi connectivity index (χ0v) is 8.84. The fourth-order valence-corrected chi connectivity index (χ4v) is 1.73.